The number of aromatic nitrogens is 2. The van der Waals surface area contributed by atoms with Crippen LogP contribution in [0.4, 0.5) is 5.69 Å². The summed E-state index contributed by atoms with van der Waals surface area (Å²) >= 11 is 0. The van der Waals surface area contributed by atoms with E-state index in [0.29, 0.717) is 6.54 Å². The zero-order valence-electron chi connectivity index (χ0n) is 12.5. The zero-order chi connectivity index (χ0) is 15.4. The van der Waals surface area contributed by atoms with Crippen LogP contribution in [0.15, 0.2) is 60.8 Å². The summed E-state index contributed by atoms with van der Waals surface area (Å²) in [5.41, 5.74) is 5.15. The third kappa shape index (κ3) is 3.18. The fraction of sp³-hybridized carbons (Fsp3) is 0.167. The van der Waals surface area contributed by atoms with E-state index in [9.17, 15) is 5.11 Å². The first kappa shape index (κ1) is 14.4. The van der Waals surface area contributed by atoms with Gasteiger partial charge in [-0.25, -0.2) is 0 Å². The van der Waals surface area contributed by atoms with Gasteiger partial charge in [0.25, 0.3) is 0 Å². The van der Waals surface area contributed by atoms with Crippen LogP contribution in [0.2, 0.25) is 0 Å². The highest BCUT2D eigenvalue weighted by Gasteiger charge is 2.09. The van der Waals surface area contributed by atoms with Crippen molar-refractivity contribution in [2.24, 2.45) is 7.05 Å². The van der Waals surface area contributed by atoms with Crippen molar-refractivity contribution in [3.05, 3.63) is 71.9 Å². The minimum atomic E-state index is 0.0533. The first-order valence-electron chi connectivity index (χ1n) is 7.28. The number of benzene rings is 2. The molecule has 0 fully saturated rings. The molecule has 0 aliphatic carbocycles. The first-order chi connectivity index (χ1) is 10.8. The van der Waals surface area contributed by atoms with Crippen LogP contribution in [0.3, 0.4) is 0 Å². The molecule has 0 saturated carbocycles. The van der Waals surface area contributed by atoms with Crippen LogP contribution in [-0.4, -0.2) is 14.9 Å². The average Bonchev–Trinajstić information content (AvgIpc) is 2.95. The van der Waals surface area contributed by atoms with Gasteiger partial charge in [-0.3, -0.25) is 4.68 Å². The summed E-state index contributed by atoms with van der Waals surface area (Å²) < 4.78 is 1.84. The van der Waals surface area contributed by atoms with Crippen LogP contribution in [0.5, 0.6) is 0 Å². The van der Waals surface area contributed by atoms with E-state index in [4.69, 9.17) is 0 Å². The standard InChI is InChI=1S/C18H19N3O/c1-21-12-16(18(20-21)15-7-3-2-4-8-15)11-19-17-9-5-6-14(10-17)13-22/h2-10,12,19,22H,11,13H2,1H3. The molecule has 3 aromatic rings. The fourth-order valence-corrected chi connectivity index (χ4v) is 2.48. The molecule has 0 saturated heterocycles. The maximum atomic E-state index is 9.20. The van der Waals surface area contributed by atoms with E-state index in [-0.39, 0.29) is 6.61 Å². The van der Waals surface area contributed by atoms with Crippen molar-refractivity contribution in [2.45, 2.75) is 13.2 Å². The normalized spacial score (nSPS) is 10.6. The Balaban J connectivity index is 1.81. The number of anilines is 1. The minimum absolute atomic E-state index is 0.0533. The maximum Gasteiger partial charge on any atom is 0.0972 e. The van der Waals surface area contributed by atoms with E-state index in [1.165, 1.54) is 0 Å². The van der Waals surface area contributed by atoms with Crippen molar-refractivity contribution >= 4 is 5.69 Å². The van der Waals surface area contributed by atoms with Crippen LogP contribution in [0.25, 0.3) is 11.3 Å². The lowest BCUT2D eigenvalue weighted by Gasteiger charge is -2.08. The van der Waals surface area contributed by atoms with Gasteiger partial charge in [-0.2, -0.15) is 5.10 Å². The summed E-state index contributed by atoms with van der Waals surface area (Å²) in [6, 6.07) is 18.0. The van der Waals surface area contributed by atoms with E-state index < -0.39 is 0 Å². The Kier molecular flexibility index (Phi) is 4.21. The van der Waals surface area contributed by atoms with E-state index in [1.807, 2.05) is 60.4 Å². The summed E-state index contributed by atoms with van der Waals surface area (Å²) in [6.45, 7) is 0.741. The molecule has 1 heterocycles. The molecule has 0 spiro atoms. The third-order valence-corrected chi connectivity index (χ3v) is 3.54. The zero-order valence-corrected chi connectivity index (χ0v) is 12.5. The van der Waals surface area contributed by atoms with Gasteiger partial charge < -0.3 is 10.4 Å². The van der Waals surface area contributed by atoms with Gasteiger partial charge in [0.05, 0.1) is 12.3 Å². The molecule has 0 aliphatic heterocycles. The van der Waals surface area contributed by atoms with Crippen molar-refractivity contribution in [1.29, 1.82) is 0 Å². The van der Waals surface area contributed by atoms with Gasteiger partial charge in [-0.15, -0.1) is 0 Å². The van der Waals surface area contributed by atoms with Crippen LogP contribution in [0, 0.1) is 0 Å². The second kappa shape index (κ2) is 6.45. The Morgan fingerprint density at radius 3 is 2.68 bits per heavy atom. The molecule has 4 heteroatoms. The molecule has 22 heavy (non-hydrogen) atoms. The number of nitrogens with zero attached hydrogens (tertiary/aromatic N) is 2. The Morgan fingerprint density at radius 1 is 1.09 bits per heavy atom. The first-order valence-corrected chi connectivity index (χ1v) is 7.28. The summed E-state index contributed by atoms with van der Waals surface area (Å²) in [5.74, 6) is 0. The van der Waals surface area contributed by atoms with E-state index in [0.717, 1.165) is 28.1 Å². The highest BCUT2D eigenvalue weighted by Crippen LogP contribution is 2.22. The Labute approximate surface area is 130 Å². The molecule has 4 nitrogen and oxygen atoms in total. The lowest BCUT2D eigenvalue weighted by molar-refractivity contribution is 0.282. The second-order valence-electron chi connectivity index (χ2n) is 5.25. The summed E-state index contributed by atoms with van der Waals surface area (Å²) in [7, 11) is 1.93. The molecular weight excluding hydrogens is 274 g/mol. The van der Waals surface area contributed by atoms with Crippen LogP contribution >= 0.6 is 0 Å². The van der Waals surface area contributed by atoms with E-state index in [1.54, 1.807) is 0 Å². The molecule has 0 unspecified atom stereocenters. The molecule has 3 rings (SSSR count). The van der Waals surface area contributed by atoms with Crippen molar-refractivity contribution in [3.63, 3.8) is 0 Å². The fourth-order valence-electron chi connectivity index (χ4n) is 2.48. The number of hydrogen-bond acceptors (Lipinski definition) is 3. The number of aliphatic hydroxyl groups is 1. The Morgan fingerprint density at radius 2 is 1.91 bits per heavy atom. The van der Waals surface area contributed by atoms with Crippen LogP contribution < -0.4 is 5.32 Å². The lowest BCUT2D eigenvalue weighted by atomic mass is 10.1. The lowest BCUT2D eigenvalue weighted by Crippen LogP contribution is -2.00. The Hall–Kier alpha value is -2.59. The number of hydrogen-bond donors (Lipinski definition) is 2. The van der Waals surface area contributed by atoms with Crippen molar-refractivity contribution in [1.82, 2.24) is 9.78 Å². The van der Waals surface area contributed by atoms with Crippen molar-refractivity contribution < 1.29 is 5.11 Å². The molecular formula is C18H19N3O. The number of aliphatic hydroxyl groups excluding tert-OH is 1. The summed E-state index contributed by atoms with van der Waals surface area (Å²) in [6.07, 6.45) is 2.03. The van der Waals surface area contributed by atoms with E-state index in [2.05, 4.69) is 22.5 Å². The van der Waals surface area contributed by atoms with Gasteiger partial charge in [-0.05, 0) is 17.7 Å². The van der Waals surface area contributed by atoms with Gasteiger partial charge in [0.1, 0.15) is 0 Å². The van der Waals surface area contributed by atoms with Gasteiger partial charge >= 0.3 is 0 Å². The number of rotatable bonds is 5. The molecule has 112 valence electrons. The smallest absolute Gasteiger partial charge is 0.0972 e. The SMILES string of the molecule is Cn1cc(CNc2cccc(CO)c2)c(-c2ccccc2)n1. The average molecular weight is 293 g/mol. The van der Waals surface area contributed by atoms with Crippen molar-refractivity contribution in [2.75, 3.05) is 5.32 Å². The number of aryl methyl sites for hydroxylation is 1. The summed E-state index contributed by atoms with van der Waals surface area (Å²) in [5, 5.41) is 17.2. The van der Waals surface area contributed by atoms with Crippen molar-refractivity contribution in [3.8, 4) is 11.3 Å². The molecule has 0 aliphatic rings. The molecule has 0 radical (unpaired) electrons. The molecule has 0 atom stereocenters. The van der Waals surface area contributed by atoms with Gasteiger partial charge in [0.2, 0.25) is 0 Å². The highest BCUT2D eigenvalue weighted by atomic mass is 16.3. The second-order valence-corrected chi connectivity index (χ2v) is 5.25. The topological polar surface area (TPSA) is 50.1 Å². The predicted molar refractivity (Wildman–Crippen MR) is 88.3 cm³/mol. The van der Waals surface area contributed by atoms with Crippen LogP contribution in [0.1, 0.15) is 11.1 Å². The predicted octanol–water partition coefficient (Wildman–Crippen LogP) is 3.19. The van der Waals surface area contributed by atoms with Gasteiger partial charge in [-0.1, -0.05) is 42.5 Å². The molecule has 0 amide bonds. The molecule has 2 aromatic carbocycles. The molecule has 0 bridgehead atoms. The third-order valence-electron chi connectivity index (χ3n) is 3.54. The monoisotopic (exact) mass is 293 g/mol. The highest BCUT2D eigenvalue weighted by molar-refractivity contribution is 5.63. The maximum absolute atomic E-state index is 9.20. The largest absolute Gasteiger partial charge is 0.392 e. The minimum Gasteiger partial charge on any atom is -0.392 e. The van der Waals surface area contributed by atoms with Gasteiger partial charge in [0, 0.05) is 36.6 Å². The van der Waals surface area contributed by atoms with Crippen LogP contribution in [-0.2, 0) is 20.2 Å². The molecule has 1 aromatic heterocycles. The quantitative estimate of drug-likeness (QED) is 0.759. The Bertz CT molecular complexity index is 750. The molecule has 2 N–H and O–H groups in total. The summed E-state index contributed by atoms with van der Waals surface area (Å²) in [4.78, 5) is 0. The number of nitrogens with one attached hydrogen (secondary N) is 1. The van der Waals surface area contributed by atoms with Gasteiger partial charge in [0.15, 0.2) is 0 Å². The van der Waals surface area contributed by atoms with E-state index >= 15 is 0 Å².